The van der Waals surface area contributed by atoms with Gasteiger partial charge in [-0.1, -0.05) is 0 Å². The fourth-order valence-corrected chi connectivity index (χ4v) is 1.89. The average Bonchev–Trinajstić information content (AvgIpc) is 1.14. The summed E-state index contributed by atoms with van der Waals surface area (Å²) in [7, 11) is -9.30. The number of phosphoric acid groups is 1. The zero-order valence-corrected chi connectivity index (χ0v) is 6.44. The van der Waals surface area contributed by atoms with E-state index in [2.05, 4.69) is 15.6 Å². The van der Waals surface area contributed by atoms with E-state index in [0.717, 1.165) is 0 Å². The third-order valence-corrected chi connectivity index (χ3v) is 2.32. The molecule has 0 unspecified atom stereocenters. The van der Waals surface area contributed by atoms with Gasteiger partial charge in [0, 0.05) is 0 Å². The quantitative estimate of drug-likeness (QED) is 0.232. The second-order valence-corrected chi connectivity index (χ2v) is 4.77. The topological polar surface area (TPSA) is 101 Å². The van der Waals surface area contributed by atoms with Crippen molar-refractivity contribution in [1.82, 2.24) is 0 Å². The molecule has 0 saturated heterocycles. The van der Waals surface area contributed by atoms with E-state index in [1.807, 2.05) is 0 Å². The van der Waals surface area contributed by atoms with Crippen molar-refractivity contribution < 1.29 is 26.7 Å². The Bertz CT molecular complexity index is 225. The Labute approximate surface area is 154 Å². The van der Waals surface area contributed by atoms with Crippen LogP contribution < -0.4 is 0 Å². The summed E-state index contributed by atoms with van der Waals surface area (Å²) >= 11 is 2.71. The monoisotopic (exact) mass is 274 g/mol. The zero-order valence-electron chi connectivity index (χ0n) is 3.83. The predicted octanol–water partition coefficient (Wildman–Crippen LogP) is -2.03. The van der Waals surface area contributed by atoms with Crippen molar-refractivity contribution in [2.45, 2.75) is 0 Å². The number of thiol groups is 1. The molecule has 11 heteroatoms. The Kier molecular flexibility index (Phi) is 14.5. The predicted molar refractivity (Wildman–Crippen MR) is 45.3 cm³/mol. The Balaban J connectivity index is -0.000000320. The second kappa shape index (κ2) is 7.91. The molecule has 0 bridgehead atoms. The number of hydrogen-bond donors (Lipinski definition) is 3. The van der Waals surface area contributed by atoms with Crippen LogP contribution in [-0.4, -0.2) is 121 Å². The third kappa shape index (κ3) is 19.9. The molecule has 0 aliphatic rings. The zero-order chi connectivity index (χ0) is 7.71. The molecule has 0 radical (unpaired) electrons. The molecule has 0 saturated carbocycles. The molecule has 2 N–H and O–H groups in total. The average molecular weight is 274 g/mol. The normalized spacial score (nSPS) is 11.2. The van der Waals surface area contributed by atoms with Crippen LogP contribution in [0.25, 0.3) is 0 Å². The summed E-state index contributed by atoms with van der Waals surface area (Å²) < 4.78 is 32.4. The molecule has 6 nitrogen and oxygen atoms in total. The first kappa shape index (κ1) is 20.1. The summed E-state index contributed by atoms with van der Waals surface area (Å²) in [5.74, 6) is 0. The van der Waals surface area contributed by atoms with Crippen LogP contribution in [0.4, 0.5) is 0 Å². The Morgan fingerprint density at radius 1 is 1.27 bits per heavy atom. The summed E-state index contributed by atoms with van der Waals surface area (Å²) in [5.41, 5.74) is 0. The molecule has 0 rings (SSSR count). The fourth-order valence-electron chi connectivity index (χ4n) is 0.123. The van der Waals surface area contributed by atoms with Crippen LogP contribution in [0.2, 0.25) is 0 Å². The van der Waals surface area contributed by atoms with Crippen LogP contribution in [-0.2, 0) is 17.7 Å². The van der Waals surface area contributed by atoms with Gasteiger partial charge in [0.25, 0.3) is 0 Å². The van der Waals surface area contributed by atoms with E-state index >= 15 is 0 Å². The molecule has 0 aliphatic carbocycles. The SMILES string of the molecule is O=P(O)(O)OS(=O)(=O)S.[KH].[KH]. The first-order valence-electron chi connectivity index (χ1n) is 1.45. The van der Waals surface area contributed by atoms with Crippen molar-refractivity contribution in [3.05, 3.63) is 0 Å². The second-order valence-electron chi connectivity index (χ2n) is 0.993. The molecule has 0 aromatic rings. The van der Waals surface area contributed by atoms with E-state index in [-0.39, 0.29) is 103 Å². The molecule has 0 amide bonds. The first-order chi connectivity index (χ1) is 3.71. The van der Waals surface area contributed by atoms with E-state index in [9.17, 15) is 13.0 Å². The van der Waals surface area contributed by atoms with Crippen molar-refractivity contribution in [3.8, 4) is 0 Å². The Morgan fingerprint density at radius 2 is 1.55 bits per heavy atom. The molecule has 0 aromatic carbocycles. The van der Waals surface area contributed by atoms with Crippen LogP contribution in [0.1, 0.15) is 0 Å². The molecule has 0 heterocycles. The van der Waals surface area contributed by atoms with E-state index in [1.165, 1.54) is 0 Å². The van der Waals surface area contributed by atoms with Gasteiger partial charge in [0.05, 0.1) is 0 Å². The van der Waals surface area contributed by atoms with E-state index in [1.54, 1.807) is 0 Å². The summed E-state index contributed by atoms with van der Waals surface area (Å²) in [6.45, 7) is 0. The maximum atomic E-state index is 9.80. The summed E-state index contributed by atoms with van der Waals surface area (Å²) in [4.78, 5) is 15.6. The molecule has 0 aliphatic heterocycles. The number of hydrogen-bond acceptors (Lipinski definition) is 4. The van der Waals surface area contributed by atoms with Crippen LogP contribution in [0.3, 0.4) is 0 Å². The van der Waals surface area contributed by atoms with Gasteiger partial charge in [0.2, 0.25) is 0 Å². The van der Waals surface area contributed by atoms with Gasteiger partial charge in [-0.15, -0.1) is 0 Å². The van der Waals surface area contributed by atoms with Crippen molar-refractivity contribution in [3.63, 3.8) is 0 Å². The Hall–Kier alpha value is 3.68. The number of rotatable bonds is 2. The summed E-state index contributed by atoms with van der Waals surface area (Å²) in [5, 5.41) is 0. The fraction of sp³-hybridized carbons (Fsp3) is 0. The minimum atomic E-state index is -4.95. The molecule has 0 spiro atoms. The molecule has 0 fully saturated rings. The Morgan fingerprint density at radius 3 is 1.55 bits per heavy atom. The van der Waals surface area contributed by atoms with Gasteiger partial charge in [-0.25, -0.2) is 4.57 Å². The van der Waals surface area contributed by atoms with Gasteiger partial charge in [-0.2, -0.15) is 12.4 Å². The van der Waals surface area contributed by atoms with Gasteiger partial charge in [-0.3, -0.25) is 0 Å². The van der Waals surface area contributed by atoms with Crippen molar-refractivity contribution in [1.29, 1.82) is 0 Å². The van der Waals surface area contributed by atoms with E-state index < -0.39 is 17.0 Å². The third-order valence-electron chi connectivity index (χ3n) is 0.191. The molecule has 60 valence electrons. The molecule has 0 atom stereocenters. The maximum absolute atomic E-state index is 9.80. The van der Waals surface area contributed by atoms with Crippen LogP contribution in [0, 0.1) is 0 Å². The molecular weight excluding hydrogens is 269 g/mol. The van der Waals surface area contributed by atoms with Crippen LogP contribution >= 0.6 is 19.5 Å². The summed E-state index contributed by atoms with van der Waals surface area (Å²) in [6, 6.07) is 0. The van der Waals surface area contributed by atoms with Gasteiger partial charge in [0.1, 0.15) is 0 Å². The van der Waals surface area contributed by atoms with Crippen molar-refractivity contribution in [2.75, 3.05) is 0 Å². The van der Waals surface area contributed by atoms with Gasteiger partial charge >= 0.3 is 120 Å². The molecular formula is H5K2O6PS2. The van der Waals surface area contributed by atoms with E-state index in [0.29, 0.717) is 0 Å². The van der Waals surface area contributed by atoms with E-state index in [4.69, 9.17) is 9.79 Å². The molecule has 0 aromatic heterocycles. The molecule has 11 heavy (non-hydrogen) atoms. The van der Waals surface area contributed by atoms with Gasteiger partial charge in [0.15, 0.2) is 0 Å². The minimum absolute atomic E-state index is 0. The van der Waals surface area contributed by atoms with Gasteiger partial charge < -0.3 is 9.79 Å². The van der Waals surface area contributed by atoms with Crippen molar-refractivity contribution in [2.24, 2.45) is 0 Å². The first-order valence-corrected chi connectivity index (χ1v) is 5.44. The van der Waals surface area contributed by atoms with Crippen LogP contribution in [0.15, 0.2) is 0 Å². The van der Waals surface area contributed by atoms with Crippen molar-refractivity contribution >= 4 is 131 Å². The van der Waals surface area contributed by atoms with Gasteiger partial charge in [-0.05, 0) is 11.7 Å². The summed E-state index contributed by atoms with van der Waals surface area (Å²) in [6.07, 6.45) is 0. The standard InChI is InChI=1S/2K.H3O6PS2.2H/c;;1-7(2,3)6-9(4,5)8;;/h;;(H2,1,2,3)(H,4,5,8);;. The van der Waals surface area contributed by atoms with Crippen LogP contribution in [0.5, 0.6) is 0 Å².